The Kier molecular flexibility index (Phi) is 17.8. The van der Waals surface area contributed by atoms with Gasteiger partial charge in [0.25, 0.3) is 5.91 Å². The average Bonchev–Trinajstić information content (AvgIpc) is 3.37. The molecule has 0 saturated heterocycles. The Bertz CT molecular complexity index is 1990. The first-order valence-electron chi connectivity index (χ1n) is 18.0. The molecule has 3 aromatic rings. The summed E-state index contributed by atoms with van der Waals surface area (Å²) in [6, 6.07) is 5.55. The topological polar surface area (TPSA) is 214 Å². The lowest BCUT2D eigenvalue weighted by molar-refractivity contribution is -0.180. The van der Waals surface area contributed by atoms with E-state index in [9.17, 15) is 36.2 Å². The number of hydrogen-bond acceptors (Lipinski definition) is 13. The molecular weight excluding hydrogens is 796 g/mol. The molecular formula is C37H42F4N6O10S. The molecule has 4 N–H and O–H groups in total. The summed E-state index contributed by atoms with van der Waals surface area (Å²) in [5, 5.41) is 4.07. The van der Waals surface area contributed by atoms with Crippen LogP contribution in [0.25, 0.3) is 17.2 Å². The van der Waals surface area contributed by atoms with Crippen molar-refractivity contribution in [3.05, 3.63) is 70.8 Å². The Labute approximate surface area is 333 Å². The fourth-order valence-corrected chi connectivity index (χ4v) is 5.66. The van der Waals surface area contributed by atoms with Crippen molar-refractivity contribution in [2.75, 3.05) is 52.8 Å². The lowest BCUT2D eigenvalue weighted by Crippen LogP contribution is -2.34. The maximum Gasteiger partial charge on any atom is 0.313 e. The minimum Gasteiger partial charge on any atom is -0.420 e. The van der Waals surface area contributed by atoms with Crippen LogP contribution in [0.2, 0.25) is 0 Å². The van der Waals surface area contributed by atoms with Crippen LogP contribution in [0.5, 0.6) is 5.75 Å². The van der Waals surface area contributed by atoms with Crippen LogP contribution in [0.3, 0.4) is 0 Å². The highest BCUT2D eigenvalue weighted by Gasteiger charge is 2.31. The quantitative estimate of drug-likeness (QED) is 0.0245. The first-order chi connectivity index (χ1) is 27.8. The molecule has 0 spiro atoms. The van der Waals surface area contributed by atoms with Crippen LogP contribution < -0.4 is 15.8 Å². The van der Waals surface area contributed by atoms with Gasteiger partial charge in [-0.2, -0.15) is 8.78 Å². The van der Waals surface area contributed by atoms with E-state index in [0.717, 1.165) is 17.5 Å². The largest absolute Gasteiger partial charge is 0.420 e. The molecule has 0 bridgehead atoms. The van der Waals surface area contributed by atoms with Crippen molar-refractivity contribution >= 4 is 46.5 Å². The lowest BCUT2D eigenvalue weighted by Gasteiger charge is -2.21. The number of hydrogen-bond donors (Lipinski definition) is 3. The van der Waals surface area contributed by atoms with Crippen molar-refractivity contribution in [2.45, 2.75) is 51.0 Å². The third-order valence-electron chi connectivity index (χ3n) is 7.93. The molecule has 0 saturated carbocycles. The Morgan fingerprint density at radius 2 is 1.52 bits per heavy atom. The molecule has 0 aliphatic carbocycles. The summed E-state index contributed by atoms with van der Waals surface area (Å²) < 4.78 is 95.4. The van der Waals surface area contributed by atoms with E-state index in [0.29, 0.717) is 41.6 Å². The summed E-state index contributed by atoms with van der Waals surface area (Å²) in [5.74, 6) is -11.4. The zero-order valence-corrected chi connectivity index (χ0v) is 32.4. The van der Waals surface area contributed by atoms with Crippen LogP contribution >= 0.6 is 0 Å². The number of nitrogens with zero attached hydrogens (tertiary/aromatic N) is 4. The van der Waals surface area contributed by atoms with E-state index in [-0.39, 0.29) is 70.8 Å². The van der Waals surface area contributed by atoms with E-state index >= 15 is 0 Å². The number of amides is 2. The number of fused-ring (bicyclic) bond motifs is 1. The second-order valence-corrected chi connectivity index (χ2v) is 13.1. The van der Waals surface area contributed by atoms with Crippen molar-refractivity contribution in [1.29, 1.82) is 0 Å². The van der Waals surface area contributed by atoms with Crippen LogP contribution in [0, 0.1) is 23.3 Å². The van der Waals surface area contributed by atoms with Gasteiger partial charge in [-0.1, -0.05) is 19.1 Å². The standard InChI is InChI=1S/C37H42F4N6O10S/c1-3-9-47(56-4-2)37(50)24-16-23-6-5-22(17-26(23)46-27(42)18-24)25-19-43-28(44-20-25)21-45-29(48)7-10-53-12-14-55-15-13-54-11-8-30(49)57-35-31(38)33(40)36(58(51)52)34(41)32(35)39/h5-6,16-17,19-20H,3-4,7-15,18,21H2,1-2H3,(H2,42,46)(H,45,48)(H,51,52). The number of aliphatic imine (C=N–C) groups is 1. The van der Waals surface area contributed by atoms with Crippen LogP contribution in [0.15, 0.2) is 46.1 Å². The smallest absolute Gasteiger partial charge is 0.313 e. The molecule has 2 heterocycles. The fourth-order valence-electron chi connectivity index (χ4n) is 5.17. The van der Waals surface area contributed by atoms with Gasteiger partial charge in [-0.15, -0.1) is 0 Å². The number of rotatable bonds is 22. The minimum atomic E-state index is -3.37. The van der Waals surface area contributed by atoms with Gasteiger partial charge >= 0.3 is 5.97 Å². The number of benzene rings is 2. The fraction of sp³-hybridized carbons (Fsp3) is 0.405. The maximum absolute atomic E-state index is 14.0. The molecule has 16 nitrogen and oxygen atoms in total. The zero-order chi connectivity index (χ0) is 42.2. The Balaban J connectivity index is 1.09. The number of carbonyl (C=O) groups is 3. The van der Waals surface area contributed by atoms with Crippen molar-refractivity contribution in [3.63, 3.8) is 0 Å². The molecule has 314 valence electrons. The number of hydroxylamine groups is 2. The van der Waals surface area contributed by atoms with E-state index in [1.54, 1.807) is 18.5 Å². The highest BCUT2D eigenvalue weighted by molar-refractivity contribution is 7.79. The van der Waals surface area contributed by atoms with Gasteiger partial charge in [0.05, 0.1) is 64.9 Å². The first kappa shape index (κ1) is 45.5. The number of carbonyl (C=O) groups excluding carboxylic acids is 3. The van der Waals surface area contributed by atoms with Crippen LogP contribution in [0.1, 0.15) is 50.9 Å². The SMILES string of the molecule is CCCN(OCC)C(=O)C1=Cc2ccc(-c3cnc(CNC(=O)CCOCCOCCOCCC(=O)Oc4c(F)c(F)c(S(=O)O)c(F)c4F)nc3)cc2N=C(N)C1. The summed E-state index contributed by atoms with van der Waals surface area (Å²) in [6.07, 6.45) is 5.47. The van der Waals surface area contributed by atoms with Crippen LogP contribution in [0.4, 0.5) is 23.2 Å². The molecule has 4 rings (SSSR count). The van der Waals surface area contributed by atoms with Crippen molar-refractivity contribution in [3.8, 4) is 16.9 Å². The monoisotopic (exact) mass is 838 g/mol. The summed E-state index contributed by atoms with van der Waals surface area (Å²) in [6.45, 7) is 4.92. The number of nitrogens with two attached hydrogens (primary N) is 1. The zero-order valence-electron chi connectivity index (χ0n) is 31.6. The molecule has 2 amide bonds. The average molecular weight is 839 g/mol. The van der Waals surface area contributed by atoms with E-state index < -0.39 is 57.4 Å². The van der Waals surface area contributed by atoms with E-state index in [1.165, 1.54) is 5.06 Å². The number of aromatic nitrogens is 2. The number of esters is 1. The molecule has 1 unspecified atom stereocenters. The van der Waals surface area contributed by atoms with Gasteiger partial charge in [0, 0.05) is 48.5 Å². The Morgan fingerprint density at radius 3 is 2.12 bits per heavy atom. The predicted molar refractivity (Wildman–Crippen MR) is 199 cm³/mol. The summed E-state index contributed by atoms with van der Waals surface area (Å²) >= 11 is -3.37. The molecule has 1 aliphatic rings. The predicted octanol–water partition coefficient (Wildman–Crippen LogP) is 4.30. The number of halogens is 4. The van der Waals surface area contributed by atoms with Gasteiger partial charge in [-0.05, 0) is 31.1 Å². The van der Waals surface area contributed by atoms with Gasteiger partial charge in [0.1, 0.15) is 16.6 Å². The second-order valence-electron chi connectivity index (χ2n) is 12.2. The first-order valence-corrected chi connectivity index (χ1v) is 19.1. The number of nitrogens with one attached hydrogen (secondary N) is 1. The van der Waals surface area contributed by atoms with E-state index in [4.69, 9.17) is 29.3 Å². The Hall–Kier alpha value is -5.19. The molecule has 1 atom stereocenters. The highest BCUT2D eigenvalue weighted by Crippen LogP contribution is 2.33. The molecule has 2 aromatic carbocycles. The highest BCUT2D eigenvalue weighted by atomic mass is 32.2. The van der Waals surface area contributed by atoms with E-state index in [2.05, 4.69) is 25.0 Å². The van der Waals surface area contributed by atoms with Gasteiger partial charge < -0.3 is 34.6 Å². The molecule has 1 aromatic heterocycles. The Morgan fingerprint density at radius 1 is 0.897 bits per heavy atom. The molecule has 58 heavy (non-hydrogen) atoms. The molecule has 0 fully saturated rings. The van der Waals surface area contributed by atoms with E-state index in [1.807, 2.05) is 32.0 Å². The van der Waals surface area contributed by atoms with Gasteiger partial charge in [-0.25, -0.2) is 33.0 Å². The van der Waals surface area contributed by atoms with Gasteiger partial charge in [0.2, 0.25) is 23.3 Å². The minimum absolute atomic E-state index is 0.00824. The normalized spacial score (nSPS) is 12.9. The van der Waals surface area contributed by atoms with Crippen LogP contribution in [-0.2, 0) is 51.1 Å². The molecule has 0 radical (unpaired) electrons. The second kappa shape index (κ2) is 22.7. The van der Waals surface area contributed by atoms with Crippen molar-refractivity contribution in [2.24, 2.45) is 10.7 Å². The van der Waals surface area contributed by atoms with Crippen molar-refractivity contribution in [1.82, 2.24) is 20.3 Å². The summed E-state index contributed by atoms with van der Waals surface area (Å²) in [4.78, 5) is 54.3. The van der Waals surface area contributed by atoms with Crippen molar-refractivity contribution < 1.29 is 64.5 Å². The summed E-state index contributed by atoms with van der Waals surface area (Å²) in [5.41, 5.74) is 9.47. The van der Waals surface area contributed by atoms with Gasteiger partial charge in [-0.3, -0.25) is 19.2 Å². The molecule has 1 aliphatic heterocycles. The maximum atomic E-state index is 14.0. The number of amidine groups is 1. The van der Waals surface area contributed by atoms with Gasteiger partial charge in [0.15, 0.2) is 22.7 Å². The lowest BCUT2D eigenvalue weighted by atomic mass is 10.0. The van der Waals surface area contributed by atoms with Crippen LogP contribution in [-0.4, -0.2) is 100 Å². The number of ether oxygens (including phenoxy) is 4. The third-order valence-corrected chi connectivity index (χ3v) is 8.64. The third kappa shape index (κ3) is 12.9. The molecule has 21 heteroatoms. The summed E-state index contributed by atoms with van der Waals surface area (Å²) in [7, 11) is 0.